The molecule has 16 heavy (non-hydrogen) atoms. The SMILES string of the molecule is O=C(CCC1CCCO1)NCC(O)C1CC1. The number of hydrogen-bond acceptors (Lipinski definition) is 3. The summed E-state index contributed by atoms with van der Waals surface area (Å²) in [6.45, 7) is 1.25. The van der Waals surface area contributed by atoms with Crippen molar-refractivity contribution in [2.45, 2.75) is 50.7 Å². The maximum Gasteiger partial charge on any atom is 0.220 e. The quantitative estimate of drug-likeness (QED) is 0.706. The van der Waals surface area contributed by atoms with Crippen molar-refractivity contribution >= 4 is 5.91 Å². The first kappa shape index (κ1) is 11.9. The van der Waals surface area contributed by atoms with Crippen molar-refractivity contribution in [3.8, 4) is 0 Å². The Morgan fingerprint density at radius 2 is 2.25 bits per heavy atom. The van der Waals surface area contributed by atoms with E-state index >= 15 is 0 Å². The summed E-state index contributed by atoms with van der Waals surface area (Å²) in [4.78, 5) is 11.5. The summed E-state index contributed by atoms with van der Waals surface area (Å²) in [6, 6.07) is 0. The molecule has 2 fully saturated rings. The van der Waals surface area contributed by atoms with Crippen LogP contribution in [0.25, 0.3) is 0 Å². The minimum atomic E-state index is -0.341. The van der Waals surface area contributed by atoms with Gasteiger partial charge in [-0.25, -0.2) is 0 Å². The average molecular weight is 227 g/mol. The Morgan fingerprint density at radius 3 is 2.88 bits per heavy atom. The van der Waals surface area contributed by atoms with Crippen LogP contribution in [0.1, 0.15) is 38.5 Å². The standard InChI is InChI=1S/C12H21NO3/c14-11(9-3-4-9)8-13-12(15)6-5-10-2-1-7-16-10/h9-11,14H,1-8H2,(H,13,15). The van der Waals surface area contributed by atoms with E-state index in [2.05, 4.69) is 5.32 Å². The zero-order chi connectivity index (χ0) is 11.4. The zero-order valence-corrected chi connectivity index (χ0v) is 9.65. The number of nitrogens with one attached hydrogen (secondary N) is 1. The molecule has 0 radical (unpaired) electrons. The second-order valence-corrected chi connectivity index (χ2v) is 4.88. The Kier molecular flexibility index (Phi) is 4.18. The highest BCUT2D eigenvalue weighted by Gasteiger charge is 2.29. The predicted molar refractivity (Wildman–Crippen MR) is 59.9 cm³/mol. The molecule has 2 unspecified atom stereocenters. The minimum Gasteiger partial charge on any atom is -0.391 e. The molecule has 92 valence electrons. The summed E-state index contributed by atoms with van der Waals surface area (Å²) in [5.41, 5.74) is 0. The molecule has 2 aliphatic rings. The molecule has 1 heterocycles. The van der Waals surface area contributed by atoms with E-state index < -0.39 is 0 Å². The Balaban J connectivity index is 1.53. The summed E-state index contributed by atoms with van der Waals surface area (Å²) in [5.74, 6) is 0.466. The molecule has 0 bridgehead atoms. The van der Waals surface area contributed by atoms with E-state index in [1.807, 2.05) is 0 Å². The molecule has 0 aromatic rings. The maximum absolute atomic E-state index is 11.5. The molecule has 1 aliphatic heterocycles. The average Bonchev–Trinajstić information content (AvgIpc) is 3.01. The fourth-order valence-corrected chi connectivity index (χ4v) is 2.12. The predicted octanol–water partition coefficient (Wildman–Crippen LogP) is 0.833. The zero-order valence-electron chi connectivity index (χ0n) is 9.65. The molecule has 1 amide bonds. The largest absolute Gasteiger partial charge is 0.391 e. The molecule has 2 N–H and O–H groups in total. The maximum atomic E-state index is 11.5. The number of hydrogen-bond donors (Lipinski definition) is 2. The van der Waals surface area contributed by atoms with Crippen LogP contribution in [0.4, 0.5) is 0 Å². The first-order chi connectivity index (χ1) is 7.75. The Bertz CT molecular complexity index is 226. The molecule has 1 saturated heterocycles. The number of ether oxygens (including phenoxy) is 1. The lowest BCUT2D eigenvalue weighted by molar-refractivity contribution is -0.122. The van der Waals surface area contributed by atoms with Crippen LogP contribution in [0.2, 0.25) is 0 Å². The summed E-state index contributed by atoms with van der Waals surface area (Å²) < 4.78 is 5.45. The lowest BCUT2D eigenvalue weighted by Gasteiger charge is -2.12. The smallest absolute Gasteiger partial charge is 0.220 e. The van der Waals surface area contributed by atoms with Gasteiger partial charge >= 0.3 is 0 Å². The topological polar surface area (TPSA) is 58.6 Å². The van der Waals surface area contributed by atoms with Crippen molar-refractivity contribution in [3.63, 3.8) is 0 Å². The number of carbonyl (C=O) groups is 1. The fraction of sp³-hybridized carbons (Fsp3) is 0.917. The lowest BCUT2D eigenvalue weighted by atomic mass is 10.1. The molecule has 2 rings (SSSR count). The van der Waals surface area contributed by atoms with E-state index in [-0.39, 0.29) is 18.1 Å². The lowest BCUT2D eigenvalue weighted by Crippen LogP contribution is -2.33. The molecular weight excluding hydrogens is 206 g/mol. The van der Waals surface area contributed by atoms with Gasteiger partial charge in [-0.3, -0.25) is 4.79 Å². The highest BCUT2D eigenvalue weighted by molar-refractivity contribution is 5.75. The third-order valence-corrected chi connectivity index (χ3v) is 3.39. The summed E-state index contributed by atoms with van der Waals surface area (Å²) in [6.07, 6.45) is 5.67. The van der Waals surface area contributed by atoms with Crippen LogP contribution >= 0.6 is 0 Å². The minimum absolute atomic E-state index is 0.0372. The number of rotatable bonds is 6. The number of amides is 1. The Hall–Kier alpha value is -0.610. The van der Waals surface area contributed by atoms with Crippen molar-refractivity contribution in [2.24, 2.45) is 5.92 Å². The fourth-order valence-electron chi connectivity index (χ4n) is 2.12. The van der Waals surface area contributed by atoms with Gasteiger partial charge in [-0.1, -0.05) is 0 Å². The van der Waals surface area contributed by atoms with E-state index in [1.54, 1.807) is 0 Å². The number of carbonyl (C=O) groups excluding carboxylic acids is 1. The van der Waals surface area contributed by atoms with Crippen molar-refractivity contribution in [3.05, 3.63) is 0 Å². The summed E-state index contributed by atoms with van der Waals surface area (Å²) in [5, 5.41) is 12.4. The molecule has 0 aromatic carbocycles. The van der Waals surface area contributed by atoms with Crippen molar-refractivity contribution in [2.75, 3.05) is 13.2 Å². The van der Waals surface area contributed by atoms with Crippen molar-refractivity contribution in [1.82, 2.24) is 5.32 Å². The molecule has 4 heteroatoms. The molecule has 1 aliphatic carbocycles. The van der Waals surface area contributed by atoms with E-state index in [0.717, 1.165) is 38.7 Å². The van der Waals surface area contributed by atoms with Gasteiger partial charge in [0.25, 0.3) is 0 Å². The molecule has 1 saturated carbocycles. The van der Waals surface area contributed by atoms with Crippen molar-refractivity contribution < 1.29 is 14.6 Å². The first-order valence-corrected chi connectivity index (χ1v) is 6.32. The van der Waals surface area contributed by atoms with Crippen LogP contribution in [-0.4, -0.2) is 36.4 Å². The van der Waals surface area contributed by atoms with Gasteiger partial charge < -0.3 is 15.2 Å². The number of aliphatic hydroxyl groups is 1. The number of aliphatic hydroxyl groups excluding tert-OH is 1. The van der Waals surface area contributed by atoms with Crippen LogP contribution in [0, 0.1) is 5.92 Å². The molecule has 2 atom stereocenters. The third kappa shape index (κ3) is 3.76. The van der Waals surface area contributed by atoms with Gasteiger partial charge in [0.1, 0.15) is 0 Å². The Morgan fingerprint density at radius 1 is 1.44 bits per heavy atom. The van der Waals surface area contributed by atoms with Gasteiger partial charge in [-0.05, 0) is 38.0 Å². The van der Waals surface area contributed by atoms with Crippen LogP contribution in [-0.2, 0) is 9.53 Å². The second-order valence-electron chi connectivity index (χ2n) is 4.88. The Labute approximate surface area is 96.4 Å². The van der Waals surface area contributed by atoms with Gasteiger partial charge in [0.2, 0.25) is 5.91 Å². The van der Waals surface area contributed by atoms with Crippen molar-refractivity contribution in [1.29, 1.82) is 0 Å². The molecule has 0 spiro atoms. The second kappa shape index (κ2) is 5.64. The van der Waals surface area contributed by atoms with E-state index in [9.17, 15) is 9.90 Å². The molecular formula is C12H21NO3. The summed E-state index contributed by atoms with van der Waals surface area (Å²) in [7, 11) is 0. The monoisotopic (exact) mass is 227 g/mol. The van der Waals surface area contributed by atoms with E-state index in [1.165, 1.54) is 0 Å². The molecule has 0 aromatic heterocycles. The van der Waals surface area contributed by atoms with E-state index in [4.69, 9.17) is 4.74 Å². The van der Waals surface area contributed by atoms with Crippen LogP contribution in [0.3, 0.4) is 0 Å². The van der Waals surface area contributed by atoms with Crippen LogP contribution < -0.4 is 5.32 Å². The normalized spacial score (nSPS) is 26.7. The third-order valence-electron chi connectivity index (χ3n) is 3.39. The van der Waals surface area contributed by atoms with Gasteiger partial charge in [-0.2, -0.15) is 0 Å². The first-order valence-electron chi connectivity index (χ1n) is 6.32. The highest BCUT2D eigenvalue weighted by atomic mass is 16.5. The van der Waals surface area contributed by atoms with Gasteiger partial charge in [0.05, 0.1) is 12.2 Å². The van der Waals surface area contributed by atoms with E-state index in [0.29, 0.717) is 18.9 Å². The highest BCUT2D eigenvalue weighted by Crippen LogP contribution is 2.32. The summed E-state index contributed by atoms with van der Waals surface area (Å²) >= 11 is 0. The molecule has 4 nitrogen and oxygen atoms in total. The van der Waals surface area contributed by atoms with Crippen LogP contribution in [0.15, 0.2) is 0 Å². The van der Waals surface area contributed by atoms with Gasteiger partial charge in [0, 0.05) is 19.6 Å². The van der Waals surface area contributed by atoms with Crippen LogP contribution in [0.5, 0.6) is 0 Å². The van der Waals surface area contributed by atoms with Gasteiger partial charge in [-0.15, -0.1) is 0 Å². The van der Waals surface area contributed by atoms with Gasteiger partial charge in [0.15, 0.2) is 0 Å².